The predicted octanol–water partition coefficient (Wildman–Crippen LogP) is 5.10. The Hall–Kier alpha value is -5.64. The van der Waals surface area contributed by atoms with E-state index in [0.717, 1.165) is 130 Å². The lowest BCUT2D eigenvalue weighted by Crippen LogP contribution is -2.47. The van der Waals surface area contributed by atoms with Gasteiger partial charge in [0, 0.05) is 88.7 Å². The van der Waals surface area contributed by atoms with Crippen molar-refractivity contribution in [3.8, 4) is 34.5 Å². The normalized spacial score (nSPS) is 18.4. The SMILES string of the molecule is O=C1COc2ccc(CCN3CCN(c4cc(Cl)cc5c4OCCO5)CC3)cc2N1.O=C1COc2ccc(CCN3CCN(c4cc(F)cc5c4OCCO5)CC3)cc2N1. The van der Waals surface area contributed by atoms with Crippen LogP contribution in [0.5, 0.6) is 34.5 Å². The van der Waals surface area contributed by atoms with Crippen molar-refractivity contribution in [1.29, 1.82) is 0 Å². The van der Waals surface area contributed by atoms with Crippen molar-refractivity contribution >= 4 is 46.2 Å². The quantitative estimate of drug-likeness (QED) is 0.245. The van der Waals surface area contributed by atoms with Gasteiger partial charge < -0.3 is 48.9 Å². The average molecular weight is 843 g/mol. The first-order valence-corrected chi connectivity index (χ1v) is 20.9. The molecule has 0 spiro atoms. The number of hydrogen-bond donors (Lipinski definition) is 2. The van der Waals surface area contributed by atoms with Crippen molar-refractivity contribution in [3.05, 3.63) is 82.6 Å². The van der Waals surface area contributed by atoms with E-state index in [-0.39, 0.29) is 30.8 Å². The number of ether oxygens (including phenoxy) is 6. The summed E-state index contributed by atoms with van der Waals surface area (Å²) in [7, 11) is 0. The Morgan fingerprint density at radius 1 is 0.533 bits per heavy atom. The molecule has 10 rings (SSSR count). The third-order valence-electron chi connectivity index (χ3n) is 11.4. The Morgan fingerprint density at radius 3 is 1.52 bits per heavy atom. The summed E-state index contributed by atoms with van der Waals surface area (Å²) in [5.41, 5.74) is 5.65. The second-order valence-electron chi connectivity index (χ2n) is 15.4. The molecule has 6 aliphatic rings. The zero-order valence-corrected chi connectivity index (χ0v) is 34.1. The fourth-order valence-electron chi connectivity index (χ4n) is 8.25. The van der Waals surface area contributed by atoms with E-state index in [2.05, 4.69) is 36.3 Å². The second kappa shape index (κ2) is 17.9. The van der Waals surface area contributed by atoms with Gasteiger partial charge in [0.2, 0.25) is 0 Å². The van der Waals surface area contributed by atoms with Crippen LogP contribution in [0.15, 0.2) is 60.7 Å². The molecule has 0 aromatic heterocycles. The van der Waals surface area contributed by atoms with Gasteiger partial charge in [-0.2, -0.15) is 0 Å². The molecule has 0 saturated carbocycles. The molecule has 2 fully saturated rings. The van der Waals surface area contributed by atoms with Gasteiger partial charge in [-0.3, -0.25) is 19.4 Å². The molecule has 0 aliphatic carbocycles. The first-order valence-electron chi connectivity index (χ1n) is 20.6. The molecule has 6 aliphatic heterocycles. The first kappa shape index (κ1) is 39.8. The maximum absolute atomic E-state index is 14.0. The molecule has 2 N–H and O–H groups in total. The van der Waals surface area contributed by atoms with E-state index in [1.807, 2.05) is 42.5 Å². The summed E-state index contributed by atoms with van der Waals surface area (Å²) >= 11 is 6.30. The standard InChI is InChI=1S/C22H24ClN3O4.C22H24FN3O4/c2*23-16-12-18(22-20(13-16)28-9-10-29-22)26-7-5-25(6-8-26)4-3-15-1-2-19-17(11-15)24-21(27)14-30-19/h2*1-2,11-13H,3-10,14H2,(H,24,27). The van der Waals surface area contributed by atoms with E-state index in [0.29, 0.717) is 42.9 Å². The topological polar surface area (TPSA) is 127 Å². The maximum Gasteiger partial charge on any atom is 0.262 e. The van der Waals surface area contributed by atoms with Crippen molar-refractivity contribution in [2.45, 2.75) is 12.8 Å². The number of fused-ring (bicyclic) bond motifs is 4. The van der Waals surface area contributed by atoms with Gasteiger partial charge in [0.25, 0.3) is 11.8 Å². The number of piperazine rings is 2. The fourth-order valence-corrected chi connectivity index (χ4v) is 8.45. The number of halogens is 2. The Labute approximate surface area is 352 Å². The molecular formula is C44H48ClFN6O8. The highest BCUT2D eigenvalue weighted by Crippen LogP contribution is 2.43. The van der Waals surface area contributed by atoms with E-state index in [1.54, 1.807) is 0 Å². The van der Waals surface area contributed by atoms with Crippen molar-refractivity contribution in [1.82, 2.24) is 9.80 Å². The van der Waals surface area contributed by atoms with Gasteiger partial charge in [-0.1, -0.05) is 23.7 Å². The van der Waals surface area contributed by atoms with Crippen LogP contribution in [-0.2, 0) is 22.4 Å². The van der Waals surface area contributed by atoms with Gasteiger partial charge in [0.15, 0.2) is 36.2 Å². The smallest absolute Gasteiger partial charge is 0.262 e. The molecule has 4 aromatic rings. The van der Waals surface area contributed by atoms with E-state index in [4.69, 9.17) is 40.0 Å². The number of nitrogens with zero attached hydrogens (tertiary/aromatic N) is 4. The van der Waals surface area contributed by atoms with Crippen LogP contribution in [-0.4, -0.2) is 127 Å². The number of rotatable bonds is 8. The van der Waals surface area contributed by atoms with Gasteiger partial charge >= 0.3 is 0 Å². The molecular weight excluding hydrogens is 795 g/mol. The molecule has 4 aromatic carbocycles. The van der Waals surface area contributed by atoms with Crippen LogP contribution in [0.1, 0.15) is 11.1 Å². The lowest BCUT2D eigenvalue weighted by atomic mass is 10.1. The minimum atomic E-state index is -0.305. The number of carbonyl (C=O) groups is 2. The third-order valence-corrected chi connectivity index (χ3v) is 11.6. The molecule has 14 nitrogen and oxygen atoms in total. The molecule has 60 heavy (non-hydrogen) atoms. The summed E-state index contributed by atoms with van der Waals surface area (Å²) in [4.78, 5) is 32.4. The number of nitrogens with one attached hydrogen (secondary N) is 2. The van der Waals surface area contributed by atoms with Crippen LogP contribution in [0.3, 0.4) is 0 Å². The van der Waals surface area contributed by atoms with E-state index < -0.39 is 0 Å². The summed E-state index contributed by atoms with van der Waals surface area (Å²) in [5.74, 6) is 3.60. The van der Waals surface area contributed by atoms with Gasteiger partial charge in [-0.05, 0) is 54.3 Å². The molecule has 316 valence electrons. The Balaban J connectivity index is 0.000000154. The van der Waals surface area contributed by atoms with E-state index in [9.17, 15) is 14.0 Å². The summed E-state index contributed by atoms with van der Waals surface area (Å²) in [6, 6.07) is 18.7. The Morgan fingerprint density at radius 2 is 1.00 bits per heavy atom. The molecule has 0 radical (unpaired) electrons. The van der Waals surface area contributed by atoms with E-state index >= 15 is 0 Å². The van der Waals surface area contributed by atoms with Crippen molar-refractivity contribution in [2.75, 3.05) is 126 Å². The number of anilines is 4. The van der Waals surface area contributed by atoms with Crippen LogP contribution >= 0.6 is 11.6 Å². The number of carbonyl (C=O) groups excluding carboxylic acids is 2. The average Bonchev–Trinajstić information content (AvgIpc) is 3.27. The van der Waals surface area contributed by atoms with Gasteiger partial charge in [-0.15, -0.1) is 0 Å². The molecule has 6 heterocycles. The number of amides is 2. The van der Waals surface area contributed by atoms with Crippen LogP contribution < -0.4 is 48.9 Å². The molecule has 0 unspecified atom stereocenters. The minimum absolute atomic E-state index is 0.0717. The summed E-state index contributed by atoms with van der Waals surface area (Å²) in [6.07, 6.45) is 1.81. The number of hydrogen-bond acceptors (Lipinski definition) is 12. The van der Waals surface area contributed by atoms with Crippen molar-refractivity contribution in [3.63, 3.8) is 0 Å². The summed E-state index contributed by atoms with van der Waals surface area (Å²) < 4.78 is 47.8. The van der Waals surface area contributed by atoms with Crippen LogP contribution in [0.2, 0.25) is 5.02 Å². The lowest BCUT2D eigenvalue weighted by molar-refractivity contribution is -0.119. The van der Waals surface area contributed by atoms with Crippen LogP contribution in [0.4, 0.5) is 27.1 Å². The van der Waals surface area contributed by atoms with Crippen molar-refractivity contribution < 1.29 is 42.4 Å². The predicted molar refractivity (Wildman–Crippen MR) is 226 cm³/mol. The zero-order valence-electron chi connectivity index (χ0n) is 33.3. The molecule has 2 saturated heterocycles. The highest BCUT2D eigenvalue weighted by molar-refractivity contribution is 6.31. The minimum Gasteiger partial charge on any atom is -0.486 e. The molecule has 0 atom stereocenters. The Bertz CT molecular complexity index is 2080. The zero-order chi connectivity index (χ0) is 41.0. The highest BCUT2D eigenvalue weighted by atomic mass is 35.5. The monoisotopic (exact) mass is 842 g/mol. The molecule has 16 heteroatoms. The largest absolute Gasteiger partial charge is 0.486 e. The Kier molecular flexibility index (Phi) is 11.9. The van der Waals surface area contributed by atoms with Crippen LogP contribution in [0.25, 0.3) is 0 Å². The molecule has 2 amide bonds. The summed E-state index contributed by atoms with van der Waals surface area (Å²) in [6.45, 7) is 11.2. The first-order chi connectivity index (χ1) is 29.3. The van der Waals surface area contributed by atoms with Gasteiger partial charge in [-0.25, -0.2) is 4.39 Å². The van der Waals surface area contributed by atoms with Gasteiger partial charge in [0.05, 0.1) is 22.7 Å². The summed E-state index contributed by atoms with van der Waals surface area (Å²) in [5, 5.41) is 6.40. The van der Waals surface area contributed by atoms with E-state index in [1.165, 1.54) is 17.7 Å². The van der Waals surface area contributed by atoms with Crippen molar-refractivity contribution in [2.24, 2.45) is 0 Å². The fraction of sp³-hybridized carbons (Fsp3) is 0.409. The lowest BCUT2D eigenvalue weighted by Gasteiger charge is -2.37. The third kappa shape index (κ3) is 9.23. The second-order valence-corrected chi connectivity index (χ2v) is 15.8. The maximum atomic E-state index is 14.0. The number of benzene rings is 4. The molecule has 0 bridgehead atoms. The van der Waals surface area contributed by atoms with Crippen LogP contribution in [0, 0.1) is 5.82 Å². The highest BCUT2D eigenvalue weighted by Gasteiger charge is 2.27. The van der Waals surface area contributed by atoms with Gasteiger partial charge in [0.1, 0.15) is 43.7 Å².